The molecule has 1 spiro atoms. The molecule has 218 valence electrons. The zero-order valence-electron chi connectivity index (χ0n) is 24.1. The minimum Gasteiger partial charge on any atom is -0.461 e. The molecule has 0 radical (unpaired) electrons. The number of aryl methyl sites for hydroxylation is 1. The Kier molecular flexibility index (Phi) is 6.82. The second kappa shape index (κ2) is 10.4. The Morgan fingerprint density at radius 1 is 1.15 bits per heavy atom. The lowest BCUT2D eigenvalue weighted by Crippen LogP contribution is -2.44. The first-order chi connectivity index (χ1) is 19.9. The molecule has 4 unspecified atom stereocenters. The Bertz CT molecular complexity index is 1380. The molecule has 8 nitrogen and oxygen atoms in total. The third kappa shape index (κ3) is 4.73. The standard InChI is InChI=1S/C32H41FN6O2/c1-21-13-24(35)14-27-25(21)6-2-9-32(27)16-28-26(19-41-32)29(38-10-3-5-22(17-34)7-12-38)37-30(36-28)40-20-31-8-4-11-39(31)18-23(33)15-31/h13-14,22-23H,2-12,15-16,18-20,35H2,1H3. The van der Waals surface area contributed by atoms with E-state index >= 15 is 0 Å². The minimum absolute atomic E-state index is 0.0730. The molecular weight excluding hydrogens is 519 g/mol. The number of fused-ring (bicyclic) bond motifs is 4. The summed E-state index contributed by atoms with van der Waals surface area (Å²) >= 11 is 0. The van der Waals surface area contributed by atoms with Gasteiger partial charge in [-0.25, -0.2) is 4.39 Å². The summed E-state index contributed by atoms with van der Waals surface area (Å²) in [7, 11) is 0. The van der Waals surface area contributed by atoms with Crippen LogP contribution in [0.3, 0.4) is 0 Å². The number of rotatable bonds is 4. The van der Waals surface area contributed by atoms with E-state index in [1.54, 1.807) is 0 Å². The number of alkyl halides is 1. The van der Waals surface area contributed by atoms with E-state index in [1.165, 1.54) is 16.7 Å². The number of hydrogen-bond donors (Lipinski definition) is 1. The fourth-order valence-electron chi connectivity index (χ4n) is 8.33. The summed E-state index contributed by atoms with van der Waals surface area (Å²) in [4.78, 5) is 14.6. The first kappa shape index (κ1) is 26.9. The lowest BCUT2D eigenvalue weighted by Gasteiger charge is -2.43. The highest BCUT2D eigenvalue weighted by Crippen LogP contribution is 2.47. The van der Waals surface area contributed by atoms with Crippen LogP contribution in [0.2, 0.25) is 0 Å². The van der Waals surface area contributed by atoms with Crippen molar-refractivity contribution >= 4 is 11.5 Å². The molecule has 4 aliphatic heterocycles. The Morgan fingerprint density at radius 3 is 2.93 bits per heavy atom. The summed E-state index contributed by atoms with van der Waals surface area (Å²) in [6.45, 7) is 6.00. The van der Waals surface area contributed by atoms with Crippen molar-refractivity contribution in [2.24, 2.45) is 5.92 Å². The molecule has 41 heavy (non-hydrogen) atoms. The zero-order chi connectivity index (χ0) is 28.2. The number of ether oxygens (including phenoxy) is 2. The van der Waals surface area contributed by atoms with Crippen molar-refractivity contribution in [2.45, 2.75) is 95.1 Å². The summed E-state index contributed by atoms with van der Waals surface area (Å²) in [6.07, 6.45) is 8.04. The van der Waals surface area contributed by atoms with E-state index < -0.39 is 11.8 Å². The molecular formula is C32H41FN6O2. The van der Waals surface area contributed by atoms with Crippen LogP contribution in [0, 0.1) is 24.2 Å². The highest BCUT2D eigenvalue weighted by atomic mass is 19.1. The van der Waals surface area contributed by atoms with Crippen molar-refractivity contribution in [3.8, 4) is 12.1 Å². The summed E-state index contributed by atoms with van der Waals surface area (Å²) in [5, 5.41) is 9.56. The molecule has 3 fully saturated rings. The number of hydrogen-bond acceptors (Lipinski definition) is 8. The summed E-state index contributed by atoms with van der Waals surface area (Å²) in [6, 6.07) is 7.01. The molecule has 1 aromatic heterocycles. The van der Waals surface area contributed by atoms with Crippen molar-refractivity contribution < 1.29 is 13.9 Å². The van der Waals surface area contributed by atoms with Crippen LogP contribution >= 0.6 is 0 Å². The van der Waals surface area contributed by atoms with Gasteiger partial charge in [0.25, 0.3) is 0 Å². The van der Waals surface area contributed by atoms with E-state index in [0.29, 0.717) is 38.6 Å². The lowest BCUT2D eigenvalue weighted by molar-refractivity contribution is -0.0856. The van der Waals surface area contributed by atoms with Gasteiger partial charge in [-0.05, 0) is 93.7 Å². The highest BCUT2D eigenvalue weighted by Gasteiger charge is 2.50. The van der Waals surface area contributed by atoms with Gasteiger partial charge in [0.15, 0.2) is 0 Å². The van der Waals surface area contributed by atoms with Gasteiger partial charge in [0.2, 0.25) is 0 Å². The van der Waals surface area contributed by atoms with E-state index in [2.05, 4.69) is 34.9 Å². The van der Waals surface area contributed by atoms with Gasteiger partial charge in [0.1, 0.15) is 18.6 Å². The molecule has 2 N–H and O–H groups in total. The monoisotopic (exact) mass is 560 g/mol. The van der Waals surface area contributed by atoms with Crippen molar-refractivity contribution in [2.75, 3.05) is 43.4 Å². The molecule has 3 saturated heterocycles. The van der Waals surface area contributed by atoms with Crippen LogP contribution < -0.4 is 15.4 Å². The van der Waals surface area contributed by atoms with E-state index in [9.17, 15) is 9.65 Å². The molecule has 7 rings (SSSR count). The SMILES string of the molecule is Cc1cc(N)cc2c1CCCC21Cc2nc(OCC34CCCN3CC(F)C4)nc(N3CCCC(C#N)CC3)c2CO1. The van der Waals surface area contributed by atoms with E-state index in [0.717, 1.165) is 93.8 Å². The van der Waals surface area contributed by atoms with Crippen molar-refractivity contribution in [1.29, 1.82) is 5.26 Å². The van der Waals surface area contributed by atoms with Crippen LogP contribution in [0.15, 0.2) is 12.1 Å². The first-order valence-electron chi connectivity index (χ1n) is 15.5. The number of halogens is 1. The predicted molar refractivity (Wildman–Crippen MR) is 154 cm³/mol. The van der Waals surface area contributed by atoms with Crippen molar-refractivity contribution in [3.05, 3.63) is 40.1 Å². The van der Waals surface area contributed by atoms with Crippen molar-refractivity contribution in [1.82, 2.24) is 14.9 Å². The first-order valence-corrected chi connectivity index (χ1v) is 15.5. The van der Waals surface area contributed by atoms with Gasteiger partial charge < -0.3 is 20.1 Å². The fraction of sp³-hybridized carbons (Fsp3) is 0.656. The Morgan fingerprint density at radius 2 is 2.05 bits per heavy atom. The largest absolute Gasteiger partial charge is 0.461 e. The molecule has 5 aliphatic rings. The number of anilines is 2. The highest BCUT2D eigenvalue weighted by molar-refractivity contribution is 5.55. The molecule has 0 saturated carbocycles. The second-order valence-corrected chi connectivity index (χ2v) is 13.0. The molecule has 1 aliphatic carbocycles. The Hall–Kier alpha value is -2.96. The van der Waals surface area contributed by atoms with Gasteiger partial charge in [0.05, 0.1) is 29.5 Å². The van der Waals surface area contributed by atoms with Gasteiger partial charge in [-0.15, -0.1) is 0 Å². The molecule has 2 aromatic rings. The molecule has 4 atom stereocenters. The zero-order valence-corrected chi connectivity index (χ0v) is 24.1. The van der Waals surface area contributed by atoms with Crippen LogP contribution in [-0.2, 0) is 29.8 Å². The van der Waals surface area contributed by atoms with Crippen LogP contribution in [0.1, 0.15) is 79.3 Å². The van der Waals surface area contributed by atoms with Crippen LogP contribution in [0.5, 0.6) is 6.01 Å². The third-order valence-electron chi connectivity index (χ3n) is 10.4. The second-order valence-electron chi connectivity index (χ2n) is 13.0. The van der Waals surface area contributed by atoms with Gasteiger partial charge in [-0.2, -0.15) is 15.2 Å². The maximum atomic E-state index is 14.4. The third-order valence-corrected chi connectivity index (χ3v) is 10.4. The van der Waals surface area contributed by atoms with Gasteiger partial charge in [0, 0.05) is 49.6 Å². The van der Waals surface area contributed by atoms with Crippen LogP contribution in [-0.4, -0.2) is 59.4 Å². The number of aromatic nitrogens is 2. The molecule has 0 bridgehead atoms. The minimum atomic E-state index is -0.802. The van der Waals surface area contributed by atoms with Crippen LogP contribution in [0.4, 0.5) is 15.9 Å². The Balaban J connectivity index is 1.25. The van der Waals surface area contributed by atoms with Crippen molar-refractivity contribution in [3.63, 3.8) is 0 Å². The topological polar surface area (TPSA) is 101 Å². The number of nitrogens with zero attached hydrogens (tertiary/aromatic N) is 5. The molecule has 1 aromatic carbocycles. The lowest BCUT2D eigenvalue weighted by atomic mass is 9.73. The van der Waals surface area contributed by atoms with Gasteiger partial charge in [-0.1, -0.05) is 0 Å². The number of benzene rings is 1. The summed E-state index contributed by atoms with van der Waals surface area (Å²) < 4.78 is 27.7. The number of nitrogens with two attached hydrogens (primary N) is 1. The summed E-state index contributed by atoms with van der Waals surface area (Å²) in [5.41, 5.74) is 12.1. The van der Waals surface area contributed by atoms with E-state index in [4.69, 9.17) is 25.2 Å². The number of nitrogen functional groups attached to an aromatic ring is 1. The average molecular weight is 561 g/mol. The van der Waals surface area contributed by atoms with E-state index in [-0.39, 0.29) is 11.5 Å². The predicted octanol–water partition coefficient (Wildman–Crippen LogP) is 4.76. The maximum absolute atomic E-state index is 14.4. The maximum Gasteiger partial charge on any atom is 0.318 e. The number of nitriles is 1. The van der Waals surface area contributed by atoms with Gasteiger partial charge >= 0.3 is 6.01 Å². The fourth-order valence-corrected chi connectivity index (χ4v) is 8.33. The normalized spacial score (nSPS) is 31.3. The summed E-state index contributed by atoms with van der Waals surface area (Å²) in [5.74, 6) is 0.942. The molecule has 5 heterocycles. The molecule has 0 amide bonds. The smallest absolute Gasteiger partial charge is 0.318 e. The Labute approximate surface area is 242 Å². The van der Waals surface area contributed by atoms with Crippen LogP contribution in [0.25, 0.3) is 0 Å². The molecule has 9 heteroatoms. The van der Waals surface area contributed by atoms with E-state index in [1.807, 2.05) is 0 Å². The van der Waals surface area contributed by atoms with Gasteiger partial charge in [-0.3, -0.25) is 4.90 Å². The average Bonchev–Trinajstić information content (AvgIpc) is 3.36. The quantitative estimate of drug-likeness (QED) is 0.535.